The number of hydrogen-bond donors (Lipinski definition) is 0. The van der Waals surface area contributed by atoms with Crippen LogP contribution in [0.3, 0.4) is 0 Å². The average Bonchev–Trinajstić information content (AvgIpc) is 3.18. The van der Waals surface area contributed by atoms with Crippen molar-refractivity contribution < 1.29 is 29.4 Å². The van der Waals surface area contributed by atoms with E-state index >= 15 is 0 Å². The minimum absolute atomic E-state index is 0.0500. The van der Waals surface area contributed by atoms with Gasteiger partial charge in [0.05, 0.1) is 0 Å². The van der Waals surface area contributed by atoms with Crippen molar-refractivity contribution in [1.82, 2.24) is 0 Å². The van der Waals surface area contributed by atoms with Crippen molar-refractivity contribution in [3.05, 3.63) is 58.7 Å². The summed E-state index contributed by atoms with van der Waals surface area (Å²) in [6.45, 7) is 22.0. The van der Waals surface area contributed by atoms with Crippen LogP contribution >= 0.6 is 14.6 Å². The third-order valence-corrected chi connectivity index (χ3v) is 18.5. The van der Waals surface area contributed by atoms with Gasteiger partial charge in [0.2, 0.25) is 0 Å². The van der Waals surface area contributed by atoms with E-state index in [0.29, 0.717) is 60.5 Å². The quantitative estimate of drug-likeness (QED) is 0.0493. The van der Waals surface area contributed by atoms with Gasteiger partial charge in [-0.25, -0.2) is 0 Å². The predicted octanol–water partition coefficient (Wildman–Crippen LogP) is 11.1. The molecule has 0 heterocycles. The second kappa shape index (κ2) is 27.8. The molecule has 0 saturated carbocycles. The standard InChI is InChI=1S/C55H96O6P2/c1-45(2)31-23-15-11-19-27-35-49-43-51(37-39-53(49)62(56,57,58)41-29-21-13-17-25-33-47(5)6)55(9,10)52-38-40-54(50(44-52)36-28-20-12-16-24-32-46(3)4)63(59,60,61)42-30-22-14-18-26-34-48(7)8/h37-40,43-48H,11-36,41-42H2,1-10H3/q-6. The van der Waals surface area contributed by atoms with Crippen LogP contribution in [0.25, 0.3) is 0 Å². The van der Waals surface area contributed by atoms with E-state index in [4.69, 9.17) is 0 Å². The van der Waals surface area contributed by atoms with Gasteiger partial charge in [-0.15, -0.1) is 0 Å². The Kier molecular flexibility index (Phi) is 25.6. The summed E-state index contributed by atoms with van der Waals surface area (Å²) in [5.41, 5.74) is 2.29. The number of rotatable bonds is 36. The van der Waals surface area contributed by atoms with E-state index in [0.717, 1.165) is 127 Å². The Hall–Kier alpha value is -0.940. The first-order valence-electron chi connectivity index (χ1n) is 26.1. The summed E-state index contributed by atoms with van der Waals surface area (Å²) >= 11 is 0. The van der Waals surface area contributed by atoms with E-state index in [1.807, 2.05) is 12.1 Å². The summed E-state index contributed by atoms with van der Waals surface area (Å²) in [5.74, 6) is 2.67. The average molecular weight is 915 g/mol. The van der Waals surface area contributed by atoms with E-state index in [9.17, 15) is 29.4 Å². The number of aryl methyl sites for hydroxylation is 2. The number of benzene rings is 2. The first-order valence-corrected chi connectivity index (χ1v) is 30.5. The van der Waals surface area contributed by atoms with E-state index in [2.05, 4.69) is 69.2 Å². The van der Waals surface area contributed by atoms with Crippen LogP contribution < -0.4 is 40.0 Å². The van der Waals surface area contributed by atoms with Crippen molar-refractivity contribution >= 4 is 25.2 Å². The molecule has 0 aliphatic carbocycles. The topological polar surface area (TPSA) is 138 Å². The van der Waals surface area contributed by atoms with Gasteiger partial charge in [0, 0.05) is 0 Å². The van der Waals surface area contributed by atoms with Crippen molar-refractivity contribution in [1.29, 1.82) is 0 Å². The van der Waals surface area contributed by atoms with Crippen LogP contribution in [0.1, 0.15) is 246 Å². The van der Waals surface area contributed by atoms with Gasteiger partial charge in [-0.2, -0.15) is 0 Å². The Balaban J connectivity index is 2.45. The van der Waals surface area contributed by atoms with E-state index in [1.54, 1.807) is 24.3 Å². The molecule has 0 bridgehead atoms. The molecule has 0 fully saturated rings. The summed E-state index contributed by atoms with van der Waals surface area (Å²) in [6.07, 6.45) is 23.8. The van der Waals surface area contributed by atoms with Gasteiger partial charge in [-0.05, 0) is 0 Å². The van der Waals surface area contributed by atoms with Crippen molar-refractivity contribution in [2.24, 2.45) is 23.7 Å². The molecule has 6 nitrogen and oxygen atoms in total. The number of unbranched alkanes of at least 4 members (excludes halogenated alkanes) is 16. The molecule has 2 aromatic rings. The third-order valence-electron chi connectivity index (χ3n) is 13.6. The van der Waals surface area contributed by atoms with Crippen LogP contribution in [0.2, 0.25) is 0 Å². The molecular formula is C55H96O6P2-6. The molecule has 0 atom stereocenters. The molecule has 0 spiro atoms. The van der Waals surface area contributed by atoms with Gasteiger partial charge in [-0.1, -0.05) is 0 Å². The SMILES string of the molecule is CC(C)CCCCCCCc1cc(C(C)(C)c2ccc(P([O-])([O-])([O-])CCCCCCCC(C)C)c(CCCCCCCC(C)C)c2)ccc1P([O-])([O-])([O-])CCCCCCCC(C)C. The maximum atomic E-state index is 14.1. The second-order valence-corrected chi connectivity index (χ2v) is 28.2. The fourth-order valence-electron chi connectivity index (χ4n) is 9.33. The van der Waals surface area contributed by atoms with Gasteiger partial charge in [0.1, 0.15) is 0 Å². The molecule has 0 amide bonds. The van der Waals surface area contributed by atoms with Crippen molar-refractivity contribution in [3.8, 4) is 0 Å². The molecule has 368 valence electrons. The maximum absolute atomic E-state index is 14.1. The molecule has 2 rings (SSSR count). The Morgan fingerprint density at radius 2 is 0.619 bits per heavy atom. The Labute approximate surface area is 389 Å². The molecule has 63 heavy (non-hydrogen) atoms. The summed E-state index contributed by atoms with van der Waals surface area (Å²) in [5, 5.41) is -0.100. The molecule has 0 unspecified atom stereocenters. The minimum atomic E-state index is -5.92. The summed E-state index contributed by atoms with van der Waals surface area (Å²) in [6, 6.07) is 10.6. The molecule has 0 aliphatic rings. The van der Waals surface area contributed by atoms with Gasteiger partial charge >= 0.3 is 391 Å². The molecule has 0 aromatic heterocycles. The van der Waals surface area contributed by atoms with Crippen molar-refractivity contribution in [3.63, 3.8) is 0 Å². The van der Waals surface area contributed by atoms with Gasteiger partial charge in [-0.3, -0.25) is 0 Å². The van der Waals surface area contributed by atoms with Gasteiger partial charge < -0.3 is 0 Å². The molecule has 0 aliphatic heterocycles. The first-order chi connectivity index (χ1) is 29.4. The van der Waals surface area contributed by atoms with Crippen LogP contribution in [0, 0.1) is 23.7 Å². The zero-order valence-corrected chi connectivity index (χ0v) is 44.2. The van der Waals surface area contributed by atoms with Crippen LogP contribution in [-0.2, 0) is 18.3 Å². The van der Waals surface area contributed by atoms with Crippen LogP contribution in [0.4, 0.5) is 0 Å². The zero-order valence-electron chi connectivity index (χ0n) is 42.4. The summed E-state index contributed by atoms with van der Waals surface area (Å²) < 4.78 is 0. The molecule has 0 saturated heterocycles. The Morgan fingerprint density at radius 3 is 0.905 bits per heavy atom. The predicted molar refractivity (Wildman–Crippen MR) is 265 cm³/mol. The first kappa shape index (κ1) is 58.2. The zero-order chi connectivity index (χ0) is 47.2. The van der Waals surface area contributed by atoms with E-state index < -0.39 is 20.0 Å². The second-order valence-electron chi connectivity index (χ2n) is 22.1. The molecule has 0 radical (unpaired) electrons. The van der Waals surface area contributed by atoms with Crippen LogP contribution in [-0.4, -0.2) is 12.3 Å². The van der Waals surface area contributed by atoms with Crippen molar-refractivity contribution in [2.75, 3.05) is 12.3 Å². The van der Waals surface area contributed by atoms with Crippen molar-refractivity contribution in [2.45, 2.75) is 242 Å². The summed E-state index contributed by atoms with van der Waals surface area (Å²) in [4.78, 5) is 84.4. The Bertz CT molecular complexity index is 1430. The van der Waals surface area contributed by atoms with Crippen LogP contribution in [0.15, 0.2) is 36.4 Å². The normalized spacial score (nSPS) is 14.2. The number of hydrogen-bond acceptors (Lipinski definition) is 6. The third kappa shape index (κ3) is 22.6. The fourth-order valence-corrected chi connectivity index (χ4v) is 13.5. The van der Waals surface area contributed by atoms with Gasteiger partial charge in [0.25, 0.3) is 0 Å². The monoisotopic (exact) mass is 915 g/mol. The fraction of sp³-hybridized carbons (Fsp3) is 0.782. The molecular weight excluding hydrogens is 819 g/mol. The van der Waals surface area contributed by atoms with E-state index in [1.165, 1.54) is 25.7 Å². The summed E-state index contributed by atoms with van der Waals surface area (Å²) in [7, 11) is -11.8. The Morgan fingerprint density at radius 1 is 0.365 bits per heavy atom. The van der Waals surface area contributed by atoms with Gasteiger partial charge in [0.15, 0.2) is 0 Å². The van der Waals surface area contributed by atoms with E-state index in [-0.39, 0.29) is 22.9 Å². The molecule has 2 aromatic carbocycles. The van der Waals surface area contributed by atoms with Crippen LogP contribution in [0.5, 0.6) is 0 Å². The molecule has 0 N–H and O–H groups in total. The molecule has 8 heteroatoms.